The van der Waals surface area contributed by atoms with E-state index in [0.29, 0.717) is 67.8 Å². The molecule has 2 aliphatic carbocycles. The van der Waals surface area contributed by atoms with Crippen molar-refractivity contribution in [3.63, 3.8) is 0 Å². The van der Waals surface area contributed by atoms with Crippen LogP contribution in [0.4, 0.5) is 10.5 Å². The molecule has 3 aliphatic heterocycles. The number of benzene rings is 1. The topological polar surface area (TPSA) is 347 Å². The van der Waals surface area contributed by atoms with Crippen molar-refractivity contribution in [3.8, 4) is 0 Å². The Labute approximate surface area is 530 Å². The Kier molecular flexibility index (Phi) is 31.8. The Balaban J connectivity index is 0.000000392. The number of unbranched alkanes of at least 4 members (excludes halogenated alkanes) is 2. The van der Waals surface area contributed by atoms with Crippen LogP contribution in [-0.4, -0.2) is 145 Å². The van der Waals surface area contributed by atoms with Gasteiger partial charge in [-0.25, -0.2) is 19.2 Å². The first-order chi connectivity index (χ1) is 42.6. The molecule has 2 saturated heterocycles. The highest BCUT2D eigenvalue weighted by Gasteiger charge is 2.73. The lowest BCUT2D eigenvalue weighted by Gasteiger charge is -2.48. The molecule has 24 heteroatoms. The monoisotopic (exact) mass is 1260 g/mol. The zero-order valence-electron chi connectivity index (χ0n) is 54.7. The van der Waals surface area contributed by atoms with Gasteiger partial charge in [0, 0.05) is 66.8 Å². The molecule has 1 aromatic rings. The van der Waals surface area contributed by atoms with Crippen molar-refractivity contribution in [3.05, 3.63) is 77.9 Å². The van der Waals surface area contributed by atoms with Gasteiger partial charge in [-0.2, -0.15) is 0 Å². The largest absolute Gasteiger partial charge is 0.478 e. The maximum absolute atomic E-state index is 13.3. The number of urea groups is 1. The van der Waals surface area contributed by atoms with Crippen molar-refractivity contribution in [2.45, 2.75) is 202 Å². The Hall–Kier alpha value is -7.73. The highest BCUT2D eigenvalue weighted by molar-refractivity contribution is 6.12. The summed E-state index contributed by atoms with van der Waals surface area (Å²) in [7, 11) is 1.24. The Morgan fingerprint density at radius 2 is 1.51 bits per heavy atom. The van der Waals surface area contributed by atoms with Crippen LogP contribution in [0.25, 0.3) is 0 Å². The first-order valence-electron chi connectivity index (χ1n) is 31.4. The Bertz CT molecular complexity index is 2740. The van der Waals surface area contributed by atoms with E-state index in [1.165, 1.54) is 62.7 Å². The standard InChI is InChI=1S/C31H44N6O8.C19H29NO7.C14H20O2.C2H6/c1-4-27(41)45-19-21-11-13-22(14-12-21)34-29(42)23(9-8-17-33-31(32)44)35-30(43)28(20(2)3)36-24(38)10-6-5-7-18-37-25(39)15-16-26(37)40;1-6-19(3,4)18(25)20-16(17(24)26-5)13(2)11-12-27-15(23)10-8-7-9-14(21)22;1-9-3-4-10-11(7-9)16-12-5-6-13(10,2)14(12)8-15-14;1-2/h11-16,20,23,28H,4-10,17-19H2,1-3H3,(H,34,42)(H,35,43)(H,36,38)(H3,32,33,44);7-10,13,16H,6,11-12H2,1-5H3,(H,20,25)(H,21,22);7,10-12H,3-6,8H2,1-2H3;1-2H3/b;9-7-,10-8+;;/t23-,28?;13-,16?;10?,11-,12?,13?,14+;/m011./s1. The average Bonchev–Trinajstić information content (AvgIpc) is 1.52. The first-order valence-corrected chi connectivity index (χ1v) is 31.4. The molecule has 5 aliphatic rings. The molecule has 6 rings (SSSR count). The lowest BCUT2D eigenvalue weighted by Crippen LogP contribution is -2.54. The van der Waals surface area contributed by atoms with Gasteiger partial charge in [0.1, 0.15) is 30.3 Å². The van der Waals surface area contributed by atoms with E-state index in [9.17, 15) is 52.7 Å². The number of hydrogen-bond donors (Lipinski definition) is 7. The van der Waals surface area contributed by atoms with Gasteiger partial charge >= 0.3 is 29.9 Å². The van der Waals surface area contributed by atoms with E-state index in [4.69, 9.17) is 34.5 Å². The minimum atomic E-state index is -1.12. The summed E-state index contributed by atoms with van der Waals surface area (Å²) >= 11 is 0. The molecular weight excluding hydrogens is 1160 g/mol. The van der Waals surface area contributed by atoms with Crippen LogP contribution in [0.2, 0.25) is 0 Å². The number of esters is 3. The van der Waals surface area contributed by atoms with Crippen molar-refractivity contribution in [2.75, 3.05) is 38.7 Å². The van der Waals surface area contributed by atoms with Crippen molar-refractivity contribution in [1.82, 2.24) is 26.2 Å². The molecule has 9 atom stereocenters. The maximum atomic E-state index is 13.3. The molecule has 5 unspecified atom stereocenters. The van der Waals surface area contributed by atoms with Gasteiger partial charge in [-0.1, -0.05) is 112 Å². The fourth-order valence-corrected chi connectivity index (χ4v) is 10.8. The van der Waals surface area contributed by atoms with Crippen LogP contribution in [-0.2, 0) is 78.2 Å². The van der Waals surface area contributed by atoms with Crippen LogP contribution in [0.3, 0.4) is 0 Å². The highest BCUT2D eigenvalue weighted by Crippen LogP contribution is 2.66. The molecule has 3 fully saturated rings. The van der Waals surface area contributed by atoms with E-state index in [0.717, 1.165) is 29.2 Å². The summed E-state index contributed by atoms with van der Waals surface area (Å²) in [5.41, 5.74) is 7.72. The SMILES string of the molecule is CC.CC1=C[C@H]2OC3CCC(C)(C2CC1)[C@]31CO1.CCC(=O)OCc1ccc(NC(=O)[C@H](CCCNC(N)=O)NC(=O)C(NC(=O)CCCCCN2C(=O)C=CC2=O)C(C)C)cc1.CCC(C)(C)C(=O)NC(C(=O)OC)[C@H](C)CCOC(=O)/C=C/C=C\C(=O)O. The summed E-state index contributed by atoms with van der Waals surface area (Å²) in [6, 6.07) is 3.26. The third-order valence-corrected chi connectivity index (χ3v) is 16.9. The number of carbonyl (C=O) groups excluding carboxylic acids is 10. The van der Waals surface area contributed by atoms with E-state index >= 15 is 0 Å². The van der Waals surface area contributed by atoms with Gasteiger partial charge < -0.3 is 61.1 Å². The Morgan fingerprint density at radius 3 is 2.10 bits per heavy atom. The lowest BCUT2D eigenvalue weighted by atomic mass is 9.62. The number of imide groups is 1. The number of allylic oxidation sites excluding steroid dienone is 3. The minimum Gasteiger partial charge on any atom is -0.478 e. The zero-order chi connectivity index (χ0) is 67.4. The summed E-state index contributed by atoms with van der Waals surface area (Å²) in [6.45, 7) is 22.7. The number of carbonyl (C=O) groups is 11. The molecule has 24 nitrogen and oxygen atoms in total. The van der Waals surface area contributed by atoms with Crippen LogP contribution in [0, 0.1) is 28.6 Å². The molecule has 500 valence electrons. The fourth-order valence-electron chi connectivity index (χ4n) is 10.8. The van der Waals surface area contributed by atoms with Gasteiger partial charge in [0.2, 0.25) is 23.6 Å². The second-order valence-electron chi connectivity index (χ2n) is 24.0. The van der Waals surface area contributed by atoms with Gasteiger partial charge in [0.25, 0.3) is 11.8 Å². The number of rotatable bonds is 30. The minimum absolute atomic E-state index is 0.0352. The fraction of sp³-hybridized carbons (Fsp3) is 0.621. The van der Waals surface area contributed by atoms with Crippen LogP contribution in [0.15, 0.2) is 72.4 Å². The van der Waals surface area contributed by atoms with Gasteiger partial charge in [0.15, 0.2) is 0 Å². The number of carboxylic acid groups (broad SMARTS) is 1. The van der Waals surface area contributed by atoms with Crippen molar-refractivity contribution < 1.29 is 81.5 Å². The number of fused-ring (bicyclic) bond motifs is 2. The maximum Gasteiger partial charge on any atom is 0.330 e. The third-order valence-electron chi connectivity index (χ3n) is 16.9. The van der Waals surface area contributed by atoms with Gasteiger partial charge in [-0.3, -0.25) is 38.5 Å². The van der Waals surface area contributed by atoms with E-state index in [1.807, 2.05) is 20.8 Å². The van der Waals surface area contributed by atoms with E-state index in [1.54, 1.807) is 65.8 Å². The van der Waals surface area contributed by atoms with Crippen LogP contribution < -0.4 is 32.3 Å². The number of methoxy groups -OCH3 is 1. The number of aliphatic carboxylic acids is 1. The number of nitrogens with zero attached hydrogens (tertiary/aromatic N) is 1. The lowest BCUT2D eigenvalue weighted by molar-refractivity contribution is -0.148. The average molecular weight is 1260 g/mol. The molecule has 90 heavy (non-hydrogen) atoms. The number of nitrogens with two attached hydrogens (primary N) is 1. The molecule has 2 bridgehead atoms. The summed E-state index contributed by atoms with van der Waals surface area (Å²) < 4.78 is 27.0. The second-order valence-corrected chi connectivity index (χ2v) is 24.0. The van der Waals surface area contributed by atoms with Crippen molar-refractivity contribution >= 4 is 71.0 Å². The van der Waals surface area contributed by atoms with Gasteiger partial charge in [-0.15, -0.1) is 0 Å². The molecule has 1 spiro atoms. The summed E-state index contributed by atoms with van der Waals surface area (Å²) in [5, 5.41) is 21.8. The second kappa shape index (κ2) is 37.4. The van der Waals surface area contributed by atoms with E-state index in [2.05, 4.69) is 46.5 Å². The number of nitrogens with one attached hydrogen (secondary N) is 5. The quantitative estimate of drug-likeness (QED) is 0.00585. The van der Waals surface area contributed by atoms with Gasteiger partial charge in [-0.05, 0) is 107 Å². The molecule has 8 amide bonds. The highest BCUT2D eigenvalue weighted by atomic mass is 16.6. The molecule has 1 saturated carbocycles. The van der Waals surface area contributed by atoms with Crippen molar-refractivity contribution in [2.24, 2.45) is 34.3 Å². The summed E-state index contributed by atoms with van der Waals surface area (Å²) in [6.07, 6.45) is 18.6. The normalized spacial score (nSPS) is 21.5. The van der Waals surface area contributed by atoms with Crippen LogP contribution >= 0.6 is 0 Å². The van der Waals surface area contributed by atoms with Gasteiger partial charge in [0.05, 0.1) is 32.5 Å². The number of hydrogen-bond acceptors (Lipinski definition) is 16. The summed E-state index contributed by atoms with van der Waals surface area (Å²) in [4.78, 5) is 132. The smallest absolute Gasteiger partial charge is 0.330 e. The first kappa shape index (κ1) is 76.5. The Morgan fingerprint density at radius 1 is 0.856 bits per heavy atom. The molecule has 3 heterocycles. The number of anilines is 1. The molecule has 0 aromatic heterocycles. The van der Waals surface area contributed by atoms with Crippen molar-refractivity contribution in [1.29, 1.82) is 0 Å². The molecular formula is C66H99N7O17. The van der Waals surface area contributed by atoms with E-state index < -0.39 is 59.3 Å². The molecule has 1 aromatic carbocycles. The number of primary amides is 1. The van der Waals surface area contributed by atoms with Crippen LogP contribution in [0.5, 0.6) is 0 Å². The number of amides is 8. The number of epoxide rings is 1. The predicted octanol–water partition coefficient (Wildman–Crippen LogP) is 7.19. The number of ether oxygens (including phenoxy) is 5. The molecule has 0 radical (unpaired) electrons. The zero-order valence-corrected chi connectivity index (χ0v) is 54.7. The van der Waals surface area contributed by atoms with Crippen LogP contribution in [0.1, 0.15) is 165 Å². The number of carboxylic acids is 1. The third kappa shape index (κ3) is 23.6. The predicted molar refractivity (Wildman–Crippen MR) is 336 cm³/mol. The van der Waals surface area contributed by atoms with E-state index in [-0.39, 0.29) is 92.6 Å². The summed E-state index contributed by atoms with van der Waals surface area (Å²) in [5.74, 6) is -4.87. The molecule has 8 N–H and O–H groups in total.